The summed E-state index contributed by atoms with van der Waals surface area (Å²) in [6.07, 6.45) is 18.8. The van der Waals surface area contributed by atoms with Gasteiger partial charge in [0.15, 0.2) is 0 Å². The van der Waals surface area contributed by atoms with E-state index in [1.807, 2.05) is 0 Å². The van der Waals surface area contributed by atoms with Crippen LogP contribution in [0.15, 0.2) is 0 Å². The lowest BCUT2D eigenvalue weighted by Crippen LogP contribution is -2.32. The van der Waals surface area contributed by atoms with Crippen LogP contribution in [0.1, 0.15) is 104 Å². The zero-order valence-corrected chi connectivity index (χ0v) is 23.1. The van der Waals surface area contributed by atoms with Gasteiger partial charge < -0.3 is 10.6 Å². The summed E-state index contributed by atoms with van der Waals surface area (Å²) < 4.78 is 29.6. The van der Waals surface area contributed by atoms with Crippen molar-refractivity contribution in [2.24, 2.45) is 23.7 Å². The maximum Gasteiger partial charge on any atom is 0.322 e. The largest absolute Gasteiger partial charge is 0.322 e. The van der Waals surface area contributed by atoms with Crippen LogP contribution in [-0.4, -0.2) is 47.0 Å². The second kappa shape index (κ2) is 17.6. The van der Waals surface area contributed by atoms with Gasteiger partial charge in [0.05, 0.1) is 6.61 Å². The predicted octanol–water partition coefficient (Wildman–Crippen LogP) is 6.15. The zero-order valence-electron chi connectivity index (χ0n) is 21.5. The Morgan fingerprint density at radius 1 is 0.788 bits per heavy atom. The van der Waals surface area contributed by atoms with Crippen molar-refractivity contribution >= 4 is 19.9 Å². The molecule has 5 nitrogen and oxygen atoms in total. The first-order chi connectivity index (χ1) is 16.1. The molecule has 2 saturated carbocycles. The van der Waals surface area contributed by atoms with E-state index in [1.165, 1.54) is 89.9 Å². The fourth-order valence-corrected chi connectivity index (χ4v) is 8.06. The van der Waals surface area contributed by atoms with E-state index in [0.29, 0.717) is 12.3 Å². The standard InChI is InChI=1S/C26H52N2O3S2/c1-3-11-25(23-13-7-5-8-14-23)21-27-17-19-31-33(29,30)32-20-18-28-22-26(12-4-2)24-15-9-6-10-16-24/h23-28H,3-22H2,1-2H3/t25-,26-/m1/s1. The molecule has 2 fully saturated rings. The van der Waals surface area contributed by atoms with Crippen LogP contribution in [-0.2, 0) is 13.3 Å². The highest BCUT2D eigenvalue weighted by atomic mass is 33.1. The quantitative estimate of drug-likeness (QED) is 0.172. The Hall–Kier alpha value is 0.180. The van der Waals surface area contributed by atoms with Crippen molar-refractivity contribution in [2.45, 2.75) is 104 Å². The van der Waals surface area contributed by atoms with Crippen molar-refractivity contribution in [1.29, 1.82) is 0 Å². The molecule has 0 aromatic rings. The number of hydrogen-bond donors (Lipinski definition) is 2. The van der Waals surface area contributed by atoms with E-state index in [2.05, 4.69) is 24.5 Å². The van der Waals surface area contributed by atoms with Gasteiger partial charge in [0.1, 0.15) is 0 Å². The molecule has 0 bridgehead atoms. The van der Waals surface area contributed by atoms with Gasteiger partial charge in [0.2, 0.25) is 0 Å². The Balaban J connectivity index is 1.54. The monoisotopic (exact) mass is 504 g/mol. The molecule has 0 aromatic carbocycles. The van der Waals surface area contributed by atoms with Gasteiger partial charge in [-0.3, -0.25) is 4.18 Å². The Labute approximate surface area is 208 Å². The summed E-state index contributed by atoms with van der Waals surface area (Å²) in [4.78, 5) is 0. The fourth-order valence-electron chi connectivity index (χ4n) is 6.00. The number of hydrogen-bond acceptors (Lipinski definition) is 6. The smallest absolute Gasteiger partial charge is 0.316 e. The first-order valence-corrected chi connectivity index (χ1v) is 16.9. The van der Waals surface area contributed by atoms with E-state index < -0.39 is 9.15 Å². The SMILES string of the molecule is CCC[C@H](CNCCOS(=O)(=O)SCCNC[C@@H](CCC)C1CCCCC1)C1CCCCC1. The Kier molecular flexibility index (Phi) is 15.7. The molecule has 2 aliphatic carbocycles. The molecule has 7 heteroatoms. The van der Waals surface area contributed by atoms with Gasteiger partial charge in [0.25, 0.3) is 0 Å². The third kappa shape index (κ3) is 12.6. The average molecular weight is 505 g/mol. The van der Waals surface area contributed by atoms with Gasteiger partial charge in [-0.25, -0.2) is 0 Å². The first-order valence-electron chi connectivity index (χ1n) is 14.0. The van der Waals surface area contributed by atoms with Gasteiger partial charge in [-0.1, -0.05) is 90.9 Å². The Bertz CT molecular complexity index is 532. The average Bonchev–Trinajstić information content (AvgIpc) is 2.83. The van der Waals surface area contributed by atoms with E-state index in [9.17, 15) is 8.42 Å². The first kappa shape index (κ1) is 29.4. The van der Waals surface area contributed by atoms with Gasteiger partial charge in [-0.2, -0.15) is 8.42 Å². The van der Waals surface area contributed by atoms with E-state index in [0.717, 1.165) is 54.1 Å². The van der Waals surface area contributed by atoms with Crippen LogP contribution in [0.25, 0.3) is 0 Å². The Morgan fingerprint density at radius 3 is 1.76 bits per heavy atom. The molecular weight excluding hydrogens is 452 g/mol. The van der Waals surface area contributed by atoms with Crippen molar-refractivity contribution in [2.75, 3.05) is 38.5 Å². The highest BCUT2D eigenvalue weighted by Gasteiger charge is 2.24. The van der Waals surface area contributed by atoms with Gasteiger partial charge >= 0.3 is 9.15 Å². The van der Waals surface area contributed by atoms with Crippen molar-refractivity contribution in [3.05, 3.63) is 0 Å². The molecule has 2 rings (SSSR count). The van der Waals surface area contributed by atoms with Crippen LogP contribution < -0.4 is 10.6 Å². The normalized spacial score (nSPS) is 20.7. The lowest BCUT2D eigenvalue weighted by atomic mass is 9.78. The molecule has 0 amide bonds. The van der Waals surface area contributed by atoms with Crippen molar-refractivity contribution in [3.8, 4) is 0 Å². The molecule has 2 atom stereocenters. The topological polar surface area (TPSA) is 67.4 Å². The number of rotatable bonds is 18. The van der Waals surface area contributed by atoms with Crippen LogP contribution in [0.5, 0.6) is 0 Å². The third-order valence-corrected chi connectivity index (χ3v) is 10.5. The van der Waals surface area contributed by atoms with Crippen molar-refractivity contribution < 1.29 is 12.6 Å². The minimum atomic E-state index is -3.51. The van der Waals surface area contributed by atoms with Crippen LogP contribution >= 0.6 is 10.8 Å². The predicted molar refractivity (Wildman–Crippen MR) is 143 cm³/mol. The molecule has 0 aromatic heterocycles. The second-order valence-electron chi connectivity index (χ2n) is 10.4. The van der Waals surface area contributed by atoms with E-state index in [4.69, 9.17) is 4.18 Å². The lowest BCUT2D eigenvalue weighted by Gasteiger charge is -2.30. The summed E-state index contributed by atoms with van der Waals surface area (Å²) in [5.74, 6) is 3.70. The van der Waals surface area contributed by atoms with E-state index >= 15 is 0 Å². The molecular formula is C26H52N2O3S2. The van der Waals surface area contributed by atoms with Crippen molar-refractivity contribution in [3.63, 3.8) is 0 Å². The van der Waals surface area contributed by atoms with Crippen molar-refractivity contribution in [1.82, 2.24) is 10.6 Å². The highest BCUT2D eigenvalue weighted by Crippen LogP contribution is 2.33. The minimum absolute atomic E-state index is 0.229. The van der Waals surface area contributed by atoms with Gasteiger partial charge in [-0.15, -0.1) is 0 Å². The molecule has 0 radical (unpaired) electrons. The molecule has 196 valence electrons. The number of nitrogens with one attached hydrogen (secondary N) is 2. The summed E-state index contributed by atoms with van der Waals surface area (Å²) in [6, 6.07) is 0. The summed E-state index contributed by atoms with van der Waals surface area (Å²) in [7, 11) is -2.57. The molecule has 0 unspecified atom stereocenters. The van der Waals surface area contributed by atoms with Crippen LogP contribution in [0.2, 0.25) is 0 Å². The summed E-state index contributed by atoms with van der Waals surface area (Å²) in [5.41, 5.74) is 0. The van der Waals surface area contributed by atoms with Gasteiger partial charge in [0, 0.05) is 18.8 Å². The molecule has 0 spiro atoms. The van der Waals surface area contributed by atoms with Crippen LogP contribution in [0, 0.1) is 23.7 Å². The third-order valence-electron chi connectivity index (χ3n) is 7.78. The van der Waals surface area contributed by atoms with Gasteiger partial charge in [-0.05, 0) is 60.4 Å². The van der Waals surface area contributed by atoms with E-state index in [-0.39, 0.29) is 6.61 Å². The molecule has 0 aliphatic heterocycles. The maximum absolute atomic E-state index is 12.2. The van der Waals surface area contributed by atoms with Crippen LogP contribution in [0.3, 0.4) is 0 Å². The summed E-state index contributed by atoms with van der Waals surface area (Å²) in [5, 5.41) is 6.98. The fraction of sp³-hybridized carbons (Fsp3) is 1.00. The minimum Gasteiger partial charge on any atom is -0.316 e. The molecule has 2 aliphatic rings. The zero-order chi connectivity index (χ0) is 23.8. The molecule has 0 saturated heterocycles. The second-order valence-corrected chi connectivity index (χ2v) is 14.0. The van der Waals surface area contributed by atoms with Crippen LogP contribution in [0.4, 0.5) is 0 Å². The summed E-state index contributed by atoms with van der Waals surface area (Å²) in [6.45, 7) is 8.08. The lowest BCUT2D eigenvalue weighted by molar-refractivity contribution is 0.224. The maximum atomic E-state index is 12.2. The van der Waals surface area contributed by atoms with E-state index in [1.54, 1.807) is 0 Å². The summed E-state index contributed by atoms with van der Waals surface area (Å²) >= 11 is 0. The molecule has 0 heterocycles. The molecule has 2 N–H and O–H groups in total. The Morgan fingerprint density at radius 2 is 1.27 bits per heavy atom. The molecule has 33 heavy (non-hydrogen) atoms. The highest BCUT2D eigenvalue weighted by molar-refractivity contribution is 8.70.